The van der Waals surface area contributed by atoms with E-state index in [0.29, 0.717) is 16.2 Å². The fourth-order valence-electron chi connectivity index (χ4n) is 3.35. The van der Waals surface area contributed by atoms with Gasteiger partial charge in [-0.05, 0) is 5.57 Å². The molecule has 1 aromatic heterocycles. The number of amides is 2. The summed E-state index contributed by atoms with van der Waals surface area (Å²) in [6.07, 6.45) is 0. The zero-order valence-corrected chi connectivity index (χ0v) is 20.5. The predicted molar refractivity (Wildman–Crippen MR) is 126 cm³/mol. The first-order valence-electron chi connectivity index (χ1n) is 9.44. The minimum Gasteiger partial charge on any atom is -0.477 e. The molecule has 2 atom stereocenters. The maximum absolute atomic E-state index is 12.9. The van der Waals surface area contributed by atoms with Crippen LogP contribution in [0.4, 0.5) is 5.13 Å². The normalized spacial score (nSPS) is 22.4. The molecule has 1 aromatic rings. The number of esters is 1. The minimum absolute atomic E-state index is 0.0259. The summed E-state index contributed by atoms with van der Waals surface area (Å²) in [5, 5.41) is 17.2. The van der Waals surface area contributed by atoms with Crippen LogP contribution in [0.2, 0.25) is 0 Å². The molecule has 0 spiro atoms. The van der Waals surface area contributed by atoms with E-state index in [1.54, 1.807) is 0 Å². The van der Waals surface area contributed by atoms with Crippen LogP contribution in [0.15, 0.2) is 31.7 Å². The molecule has 0 radical (unpaired) electrons. The second-order valence-corrected chi connectivity index (χ2v) is 10.4. The number of rotatable bonds is 8. The first-order chi connectivity index (χ1) is 16.2. The average Bonchev–Trinajstić information content (AvgIpc) is 3.38. The number of β-lactam (4-membered cyclic amide) rings is 1. The topological polar surface area (TPSA) is 174 Å². The summed E-state index contributed by atoms with van der Waals surface area (Å²) in [4.78, 5) is 59.4. The first-order valence-corrected chi connectivity index (χ1v) is 12.7. The second kappa shape index (κ2) is 9.85. The van der Waals surface area contributed by atoms with Gasteiger partial charge in [0.05, 0.1) is 0 Å². The van der Waals surface area contributed by atoms with E-state index in [-0.39, 0.29) is 39.6 Å². The number of aliphatic carboxylic acids is 1. The predicted octanol–water partition coefficient (Wildman–Crippen LogP) is 0.555. The molecule has 0 bridgehead atoms. The standard InChI is InChI=1S/C18H16ClN5O7S3/c1-30-23-10(7-5-34-18(20)21-7)13(25)22-11-14(26)24-12(16(27)28)6(4-33-15(11)24)3-32-8-2-31-17(29)9(8)19/h5,11,15H,2-4H2,1H3,(H2,20,21)(H,22,25)(H,27,28)/b23-10-/t11-,15-/m1/s1. The van der Waals surface area contributed by atoms with Crippen molar-refractivity contribution in [2.75, 3.05) is 31.0 Å². The van der Waals surface area contributed by atoms with Crippen LogP contribution in [0, 0.1) is 0 Å². The number of ether oxygens (including phenoxy) is 1. The number of hydrogen-bond donors (Lipinski definition) is 3. The Morgan fingerprint density at radius 1 is 1.50 bits per heavy atom. The Kier molecular flexibility index (Phi) is 7.06. The number of fused-ring (bicyclic) bond motifs is 1. The zero-order chi connectivity index (χ0) is 24.6. The highest BCUT2D eigenvalue weighted by molar-refractivity contribution is 8.03. The van der Waals surface area contributed by atoms with Crippen LogP contribution in [0.5, 0.6) is 0 Å². The number of nitrogen functional groups attached to an aromatic ring is 1. The smallest absolute Gasteiger partial charge is 0.352 e. The van der Waals surface area contributed by atoms with Gasteiger partial charge in [-0.1, -0.05) is 16.8 Å². The molecule has 3 aliphatic rings. The summed E-state index contributed by atoms with van der Waals surface area (Å²) in [5.74, 6) is -2.66. The highest BCUT2D eigenvalue weighted by atomic mass is 35.5. The lowest BCUT2D eigenvalue weighted by Crippen LogP contribution is -2.71. The number of anilines is 1. The third kappa shape index (κ3) is 4.47. The van der Waals surface area contributed by atoms with Crippen molar-refractivity contribution in [3.63, 3.8) is 0 Å². The van der Waals surface area contributed by atoms with Crippen LogP contribution in [0.1, 0.15) is 5.69 Å². The Morgan fingerprint density at radius 3 is 2.85 bits per heavy atom. The van der Waals surface area contributed by atoms with Crippen LogP contribution < -0.4 is 11.1 Å². The van der Waals surface area contributed by atoms with Gasteiger partial charge >= 0.3 is 11.9 Å². The van der Waals surface area contributed by atoms with E-state index in [2.05, 4.69) is 15.5 Å². The van der Waals surface area contributed by atoms with Crippen LogP contribution >= 0.6 is 46.5 Å². The average molecular weight is 546 g/mol. The lowest BCUT2D eigenvalue weighted by molar-refractivity contribution is -0.150. The molecule has 34 heavy (non-hydrogen) atoms. The molecule has 1 saturated heterocycles. The van der Waals surface area contributed by atoms with E-state index in [9.17, 15) is 24.3 Å². The van der Waals surface area contributed by atoms with Crippen LogP contribution in [-0.4, -0.2) is 81.1 Å². The molecule has 0 saturated carbocycles. The largest absolute Gasteiger partial charge is 0.477 e. The van der Waals surface area contributed by atoms with Gasteiger partial charge < -0.3 is 25.7 Å². The Hall–Kier alpha value is -2.75. The molecule has 2 amide bonds. The molecular formula is C18H16ClN5O7S3. The Labute approximate surface area is 209 Å². The molecule has 4 N–H and O–H groups in total. The number of oxime groups is 1. The van der Waals surface area contributed by atoms with Gasteiger partial charge in [-0.15, -0.1) is 34.9 Å². The molecule has 180 valence electrons. The van der Waals surface area contributed by atoms with E-state index in [1.807, 2.05) is 0 Å². The Balaban J connectivity index is 1.49. The van der Waals surface area contributed by atoms with Crippen molar-refractivity contribution in [3.8, 4) is 0 Å². The number of carboxylic acids is 1. The number of hydrogen-bond acceptors (Lipinski definition) is 12. The maximum atomic E-state index is 12.9. The highest BCUT2D eigenvalue weighted by Gasteiger charge is 2.54. The number of cyclic esters (lactones) is 1. The van der Waals surface area contributed by atoms with Gasteiger partial charge in [-0.3, -0.25) is 14.5 Å². The third-order valence-corrected chi connectivity index (χ3v) is 8.55. The number of thioether (sulfide) groups is 2. The van der Waals surface area contributed by atoms with Gasteiger partial charge in [0.1, 0.15) is 41.6 Å². The second-order valence-electron chi connectivity index (χ2n) is 6.91. The van der Waals surface area contributed by atoms with E-state index >= 15 is 0 Å². The molecule has 4 heterocycles. The third-order valence-electron chi connectivity index (χ3n) is 4.88. The number of halogens is 1. The van der Waals surface area contributed by atoms with Crippen LogP contribution in [-0.2, 0) is 28.8 Å². The number of nitrogens with two attached hydrogens (primary N) is 1. The lowest BCUT2D eigenvalue weighted by Gasteiger charge is -2.49. The summed E-state index contributed by atoms with van der Waals surface area (Å²) < 4.78 is 4.84. The first kappa shape index (κ1) is 24.4. The molecular weight excluding hydrogens is 530 g/mol. The number of aromatic nitrogens is 1. The summed E-state index contributed by atoms with van der Waals surface area (Å²) >= 11 is 9.51. The van der Waals surface area contributed by atoms with E-state index < -0.39 is 35.2 Å². The van der Waals surface area contributed by atoms with Crippen molar-refractivity contribution < 1.29 is 33.9 Å². The summed E-state index contributed by atoms with van der Waals surface area (Å²) in [6.45, 7) is 0.0283. The quantitative estimate of drug-likeness (QED) is 0.180. The van der Waals surface area contributed by atoms with Crippen LogP contribution in [0.3, 0.4) is 0 Å². The number of thiazole rings is 1. The maximum Gasteiger partial charge on any atom is 0.352 e. The van der Waals surface area contributed by atoms with E-state index in [4.69, 9.17) is 26.9 Å². The lowest BCUT2D eigenvalue weighted by atomic mass is 10.0. The SMILES string of the molecule is CO/N=C(\C(=O)N[C@@H]1C(=O)N2C(C(=O)O)=C(CSC3=C(Cl)C(=O)OC3)CS[C@H]12)c1csc(N)n1. The number of nitrogens with one attached hydrogen (secondary N) is 1. The molecule has 16 heteroatoms. The van der Waals surface area contributed by atoms with Crippen molar-refractivity contribution in [3.05, 3.63) is 32.3 Å². The van der Waals surface area contributed by atoms with Crippen molar-refractivity contribution in [2.24, 2.45) is 5.16 Å². The van der Waals surface area contributed by atoms with Gasteiger partial charge in [0, 0.05) is 21.8 Å². The summed E-state index contributed by atoms with van der Waals surface area (Å²) in [6, 6.07) is -0.961. The van der Waals surface area contributed by atoms with E-state index in [0.717, 1.165) is 16.2 Å². The van der Waals surface area contributed by atoms with Gasteiger partial charge in [0.25, 0.3) is 11.8 Å². The fraction of sp³-hybridized carbons (Fsp3) is 0.333. The molecule has 0 aromatic carbocycles. The number of nitrogens with zero attached hydrogens (tertiary/aromatic N) is 3. The summed E-state index contributed by atoms with van der Waals surface area (Å²) in [7, 11) is 1.26. The molecule has 4 rings (SSSR count). The summed E-state index contributed by atoms with van der Waals surface area (Å²) in [5.41, 5.74) is 5.99. The van der Waals surface area contributed by atoms with E-state index in [1.165, 1.54) is 36.0 Å². The van der Waals surface area contributed by atoms with Crippen LogP contribution in [0.25, 0.3) is 0 Å². The molecule has 3 aliphatic heterocycles. The monoisotopic (exact) mass is 545 g/mol. The van der Waals surface area contributed by atoms with Crippen molar-refractivity contribution in [2.45, 2.75) is 11.4 Å². The van der Waals surface area contributed by atoms with Gasteiger partial charge in [0.15, 0.2) is 10.8 Å². The van der Waals surface area contributed by atoms with Gasteiger partial charge in [-0.2, -0.15) is 0 Å². The van der Waals surface area contributed by atoms with Crippen molar-refractivity contribution in [1.82, 2.24) is 15.2 Å². The molecule has 0 aliphatic carbocycles. The van der Waals surface area contributed by atoms with Crippen molar-refractivity contribution in [1.29, 1.82) is 0 Å². The fourth-order valence-corrected chi connectivity index (χ4v) is 6.58. The zero-order valence-electron chi connectivity index (χ0n) is 17.3. The Morgan fingerprint density at radius 2 is 2.26 bits per heavy atom. The molecule has 0 unspecified atom stereocenters. The molecule has 1 fully saturated rings. The van der Waals surface area contributed by atoms with Gasteiger partial charge in [-0.25, -0.2) is 14.6 Å². The number of carbonyl (C=O) groups excluding carboxylic acids is 3. The molecule has 12 nitrogen and oxygen atoms in total. The number of carboxylic acid groups (broad SMARTS) is 1. The Bertz CT molecular complexity index is 1180. The highest BCUT2D eigenvalue weighted by Crippen LogP contribution is 2.42. The van der Waals surface area contributed by atoms with Crippen molar-refractivity contribution >= 4 is 81.1 Å². The van der Waals surface area contributed by atoms with Gasteiger partial charge in [0.2, 0.25) is 0 Å². The number of carbonyl (C=O) groups is 4. The minimum atomic E-state index is -1.27.